The zero-order valence-electron chi connectivity index (χ0n) is 15.4. The Morgan fingerprint density at radius 1 is 1.20 bits per heavy atom. The minimum absolute atomic E-state index is 0.728. The molecule has 1 atom stereocenters. The Morgan fingerprint density at radius 3 is 2.64 bits per heavy atom. The first-order chi connectivity index (χ1) is 12.3. The maximum atomic E-state index is 4.90. The summed E-state index contributed by atoms with van der Waals surface area (Å²) in [6.45, 7) is 10.3. The van der Waals surface area contributed by atoms with E-state index in [2.05, 4.69) is 77.1 Å². The topological polar surface area (TPSA) is 30.9 Å². The van der Waals surface area contributed by atoms with Crippen LogP contribution < -0.4 is 10.2 Å². The number of anilines is 1. The summed E-state index contributed by atoms with van der Waals surface area (Å²) in [6, 6.07) is 8.86. The fourth-order valence-electron chi connectivity index (χ4n) is 3.25. The second-order valence-corrected chi connectivity index (χ2v) is 7.97. The lowest BCUT2D eigenvalue weighted by atomic mass is 10.2. The summed E-state index contributed by atoms with van der Waals surface area (Å²) in [6.07, 6.45) is 5.68. The van der Waals surface area contributed by atoms with Crippen LogP contribution in [0.5, 0.6) is 0 Å². The van der Waals surface area contributed by atoms with Crippen LogP contribution in [0, 0.1) is 0 Å². The first-order valence-corrected chi connectivity index (χ1v) is 10.5. The normalized spacial score (nSPS) is 21.0. The van der Waals surface area contributed by atoms with Crippen LogP contribution in [0.25, 0.3) is 0 Å². The number of thioether (sulfide) groups is 1. The molecule has 0 aliphatic carbocycles. The van der Waals surface area contributed by atoms with Gasteiger partial charge in [0.25, 0.3) is 0 Å². The third kappa shape index (κ3) is 4.94. The zero-order chi connectivity index (χ0) is 17.5. The molecule has 2 heterocycles. The molecule has 1 aromatic carbocycles. The lowest BCUT2D eigenvalue weighted by molar-refractivity contribution is 0.408. The highest BCUT2D eigenvalue weighted by Crippen LogP contribution is 2.21. The molecule has 5 heteroatoms. The summed E-state index contributed by atoms with van der Waals surface area (Å²) >= 11 is 2.10. The molecule has 136 valence electrons. The summed E-state index contributed by atoms with van der Waals surface area (Å²) in [5.74, 6) is 2.26. The molecule has 0 saturated carbocycles. The Bertz CT molecular complexity index is 588. The molecule has 25 heavy (non-hydrogen) atoms. The Morgan fingerprint density at radius 2 is 1.96 bits per heavy atom. The first kappa shape index (κ1) is 18.2. The molecule has 0 radical (unpaired) electrons. The summed E-state index contributed by atoms with van der Waals surface area (Å²) in [7, 11) is 0. The molecule has 0 amide bonds. The molecule has 4 nitrogen and oxygen atoms in total. The van der Waals surface area contributed by atoms with Crippen molar-refractivity contribution in [3.05, 3.63) is 42.0 Å². The van der Waals surface area contributed by atoms with Crippen LogP contribution >= 0.6 is 11.8 Å². The monoisotopic (exact) mass is 358 g/mol. The van der Waals surface area contributed by atoms with E-state index in [0.29, 0.717) is 0 Å². The standard InChI is InChI=1S/C20H30N4S/c1-3-19-16-24(13-14-25-19)20(21-4-2)22-15-17-7-9-18(10-8-17)23-11-5-6-12-23/h5-10,19H,3-4,11-16H2,1-2H3,(H,21,22). The van der Waals surface area contributed by atoms with Crippen molar-refractivity contribution in [3.8, 4) is 0 Å². The molecule has 0 aromatic heterocycles. The highest BCUT2D eigenvalue weighted by atomic mass is 32.2. The highest BCUT2D eigenvalue weighted by molar-refractivity contribution is 8.00. The zero-order valence-corrected chi connectivity index (χ0v) is 16.3. The van der Waals surface area contributed by atoms with Crippen LogP contribution in [-0.2, 0) is 6.54 Å². The van der Waals surface area contributed by atoms with Crippen molar-refractivity contribution in [2.45, 2.75) is 32.1 Å². The number of nitrogens with one attached hydrogen (secondary N) is 1. The second kappa shape index (κ2) is 9.18. The third-order valence-corrected chi connectivity index (χ3v) is 6.13. The van der Waals surface area contributed by atoms with E-state index in [1.165, 1.54) is 23.4 Å². The fourth-order valence-corrected chi connectivity index (χ4v) is 4.43. The molecule has 1 saturated heterocycles. The molecule has 1 N–H and O–H groups in total. The van der Waals surface area contributed by atoms with Crippen LogP contribution in [0.4, 0.5) is 5.69 Å². The Labute approximate surface area is 156 Å². The Hall–Kier alpha value is -1.62. The van der Waals surface area contributed by atoms with E-state index < -0.39 is 0 Å². The van der Waals surface area contributed by atoms with E-state index in [4.69, 9.17) is 4.99 Å². The maximum absolute atomic E-state index is 4.90. The largest absolute Gasteiger partial charge is 0.364 e. The van der Waals surface area contributed by atoms with E-state index in [1.54, 1.807) is 0 Å². The van der Waals surface area contributed by atoms with Crippen LogP contribution in [0.3, 0.4) is 0 Å². The van der Waals surface area contributed by atoms with E-state index >= 15 is 0 Å². The maximum Gasteiger partial charge on any atom is 0.194 e. The minimum Gasteiger partial charge on any atom is -0.364 e. The molecule has 0 bridgehead atoms. The second-order valence-electron chi connectivity index (χ2n) is 6.56. The van der Waals surface area contributed by atoms with Gasteiger partial charge in [-0.25, -0.2) is 4.99 Å². The van der Waals surface area contributed by atoms with Crippen molar-refractivity contribution in [2.24, 2.45) is 4.99 Å². The number of aliphatic imine (C=N–C) groups is 1. The van der Waals surface area contributed by atoms with Crippen molar-refractivity contribution in [1.82, 2.24) is 10.2 Å². The lowest BCUT2D eigenvalue weighted by Gasteiger charge is -2.34. The molecule has 1 aromatic rings. The average molecular weight is 359 g/mol. The number of nitrogens with zero attached hydrogens (tertiary/aromatic N) is 3. The van der Waals surface area contributed by atoms with Gasteiger partial charge in [-0.2, -0.15) is 11.8 Å². The third-order valence-electron chi connectivity index (χ3n) is 4.76. The van der Waals surface area contributed by atoms with E-state index in [-0.39, 0.29) is 0 Å². The van der Waals surface area contributed by atoms with Gasteiger partial charge in [0.05, 0.1) is 6.54 Å². The van der Waals surface area contributed by atoms with Gasteiger partial charge in [0.15, 0.2) is 5.96 Å². The highest BCUT2D eigenvalue weighted by Gasteiger charge is 2.21. The average Bonchev–Trinajstić information content (AvgIpc) is 3.20. The van der Waals surface area contributed by atoms with E-state index in [0.717, 1.165) is 50.5 Å². The van der Waals surface area contributed by atoms with Gasteiger partial charge >= 0.3 is 0 Å². The number of guanidine groups is 1. The molecular weight excluding hydrogens is 328 g/mol. The van der Waals surface area contributed by atoms with Gasteiger partial charge in [0, 0.05) is 49.4 Å². The summed E-state index contributed by atoms with van der Waals surface area (Å²) in [5.41, 5.74) is 2.56. The SMILES string of the molecule is CCNC(=NCc1ccc(N2CC=CC2)cc1)N1CCSC(CC)C1. The molecule has 3 rings (SSSR count). The Kier molecular flexibility index (Phi) is 6.68. The molecule has 2 aliphatic heterocycles. The van der Waals surface area contributed by atoms with Gasteiger partial charge in [-0.15, -0.1) is 0 Å². The summed E-state index contributed by atoms with van der Waals surface area (Å²) in [5, 5.41) is 4.20. The fraction of sp³-hybridized carbons (Fsp3) is 0.550. The van der Waals surface area contributed by atoms with Crippen molar-refractivity contribution >= 4 is 23.4 Å². The van der Waals surface area contributed by atoms with Crippen LogP contribution in [0.1, 0.15) is 25.8 Å². The van der Waals surface area contributed by atoms with Crippen molar-refractivity contribution < 1.29 is 0 Å². The number of hydrogen-bond donors (Lipinski definition) is 1. The van der Waals surface area contributed by atoms with E-state index in [1.807, 2.05) is 0 Å². The molecule has 0 spiro atoms. The van der Waals surface area contributed by atoms with Crippen LogP contribution in [-0.4, -0.2) is 54.6 Å². The first-order valence-electron chi connectivity index (χ1n) is 9.44. The van der Waals surface area contributed by atoms with E-state index in [9.17, 15) is 0 Å². The number of rotatable bonds is 5. The van der Waals surface area contributed by atoms with Crippen molar-refractivity contribution in [3.63, 3.8) is 0 Å². The molecule has 2 aliphatic rings. The smallest absolute Gasteiger partial charge is 0.194 e. The quantitative estimate of drug-likeness (QED) is 0.497. The molecular formula is C20H30N4S. The van der Waals surface area contributed by atoms with Crippen LogP contribution in [0.15, 0.2) is 41.4 Å². The van der Waals surface area contributed by atoms with Crippen molar-refractivity contribution in [2.75, 3.05) is 43.4 Å². The van der Waals surface area contributed by atoms with Gasteiger partial charge < -0.3 is 15.1 Å². The van der Waals surface area contributed by atoms with Gasteiger partial charge in [-0.1, -0.05) is 31.2 Å². The van der Waals surface area contributed by atoms with Crippen LogP contribution in [0.2, 0.25) is 0 Å². The van der Waals surface area contributed by atoms with Gasteiger partial charge in [-0.3, -0.25) is 0 Å². The van der Waals surface area contributed by atoms with Gasteiger partial charge in [0.1, 0.15) is 0 Å². The predicted molar refractivity (Wildman–Crippen MR) is 111 cm³/mol. The summed E-state index contributed by atoms with van der Waals surface area (Å²) in [4.78, 5) is 9.70. The Balaban J connectivity index is 1.62. The van der Waals surface area contributed by atoms with Gasteiger partial charge in [0.2, 0.25) is 0 Å². The molecule has 1 unspecified atom stereocenters. The number of benzene rings is 1. The predicted octanol–water partition coefficient (Wildman–Crippen LogP) is 3.36. The minimum atomic E-state index is 0.728. The van der Waals surface area contributed by atoms with Gasteiger partial charge in [-0.05, 0) is 31.0 Å². The lowest BCUT2D eigenvalue weighted by Crippen LogP contribution is -2.48. The molecule has 1 fully saturated rings. The summed E-state index contributed by atoms with van der Waals surface area (Å²) < 4.78 is 0. The van der Waals surface area contributed by atoms with Crippen molar-refractivity contribution in [1.29, 1.82) is 0 Å². The number of hydrogen-bond acceptors (Lipinski definition) is 3.